The van der Waals surface area contributed by atoms with Crippen LogP contribution in [-0.4, -0.2) is 50.8 Å². The lowest BCUT2D eigenvalue weighted by Crippen LogP contribution is -2.52. The van der Waals surface area contributed by atoms with E-state index in [2.05, 4.69) is 42.3 Å². The minimum absolute atomic E-state index is 0.122. The molecular weight excluding hydrogens is 388 g/mol. The Hall–Kier alpha value is -2.37. The Balaban J connectivity index is 1.90. The third-order valence-electron chi connectivity index (χ3n) is 6.26. The third kappa shape index (κ3) is 6.31. The topological polar surface area (TPSA) is 42.0 Å². The zero-order valence-corrected chi connectivity index (χ0v) is 19.1. The van der Waals surface area contributed by atoms with E-state index in [0.717, 1.165) is 37.2 Å². The fourth-order valence-electron chi connectivity index (χ4n) is 4.65. The number of methoxy groups -OCH3 is 2. The molecule has 0 aromatic heterocycles. The maximum Gasteiger partial charge on any atom is 0.229 e. The Morgan fingerprint density at radius 3 is 2.26 bits per heavy atom. The molecule has 0 N–H and O–H groups in total. The third-order valence-corrected chi connectivity index (χ3v) is 6.26. The van der Waals surface area contributed by atoms with Gasteiger partial charge in [0.05, 0.1) is 26.2 Å². The van der Waals surface area contributed by atoms with Crippen molar-refractivity contribution in [2.45, 2.75) is 57.2 Å². The minimum atomic E-state index is 0.122. The highest BCUT2D eigenvalue weighted by Crippen LogP contribution is 2.31. The van der Waals surface area contributed by atoms with E-state index in [4.69, 9.17) is 9.47 Å². The standard InChI is InChI=1S/C26H36N2O3/c1-27(20-21-10-6-4-7-11-21)24-12-8-5-9-13-25(24)28(26(29)18-19-30-2)22-14-16-23(31-3)17-15-22/h4,6-7,10-11,14-17,24-25H,5,8-9,12-13,18-20H2,1-3H3. The van der Waals surface area contributed by atoms with E-state index in [0.29, 0.717) is 19.1 Å². The largest absolute Gasteiger partial charge is 0.497 e. The molecule has 1 aliphatic rings. The van der Waals surface area contributed by atoms with Gasteiger partial charge in [0, 0.05) is 25.4 Å². The van der Waals surface area contributed by atoms with Gasteiger partial charge in [-0.1, -0.05) is 49.6 Å². The maximum atomic E-state index is 13.4. The summed E-state index contributed by atoms with van der Waals surface area (Å²) in [6.45, 7) is 1.31. The van der Waals surface area contributed by atoms with E-state index in [9.17, 15) is 4.79 Å². The number of hydrogen-bond donors (Lipinski definition) is 0. The van der Waals surface area contributed by atoms with Crippen LogP contribution >= 0.6 is 0 Å². The monoisotopic (exact) mass is 424 g/mol. The molecule has 5 nitrogen and oxygen atoms in total. The Bertz CT molecular complexity index is 794. The molecule has 1 amide bonds. The fraction of sp³-hybridized carbons (Fsp3) is 0.500. The van der Waals surface area contributed by atoms with E-state index < -0.39 is 0 Å². The molecule has 1 aliphatic carbocycles. The van der Waals surface area contributed by atoms with Gasteiger partial charge in [-0.15, -0.1) is 0 Å². The average Bonchev–Trinajstić information content (AvgIpc) is 3.05. The first kappa shape index (κ1) is 23.3. The van der Waals surface area contributed by atoms with Gasteiger partial charge in [-0.05, 0) is 49.7 Å². The number of anilines is 1. The maximum absolute atomic E-state index is 13.4. The first-order valence-corrected chi connectivity index (χ1v) is 11.3. The molecule has 0 spiro atoms. The molecule has 1 saturated carbocycles. The Morgan fingerprint density at radius 1 is 0.935 bits per heavy atom. The predicted molar refractivity (Wildman–Crippen MR) is 126 cm³/mol. The van der Waals surface area contributed by atoms with Crippen LogP contribution in [0.4, 0.5) is 5.69 Å². The highest BCUT2D eigenvalue weighted by molar-refractivity contribution is 5.94. The van der Waals surface area contributed by atoms with E-state index in [-0.39, 0.29) is 11.9 Å². The van der Waals surface area contributed by atoms with Crippen LogP contribution < -0.4 is 9.64 Å². The number of carbonyl (C=O) groups is 1. The summed E-state index contributed by atoms with van der Waals surface area (Å²) in [4.78, 5) is 17.9. The van der Waals surface area contributed by atoms with E-state index in [1.807, 2.05) is 29.2 Å². The highest BCUT2D eigenvalue weighted by Gasteiger charge is 2.35. The van der Waals surface area contributed by atoms with Crippen LogP contribution in [0.25, 0.3) is 0 Å². The SMILES string of the molecule is COCCC(=O)N(c1ccc(OC)cc1)C1CCCCCC1N(C)Cc1ccccc1. The van der Waals surface area contributed by atoms with Crippen molar-refractivity contribution in [2.75, 3.05) is 32.8 Å². The quantitative estimate of drug-likeness (QED) is 0.537. The number of hydrogen-bond acceptors (Lipinski definition) is 4. The molecule has 5 heteroatoms. The number of amides is 1. The molecule has 0 aliphatic heterocycles. The number of rotatable bonds is 9. The summed E-state index contributed by atoms with van der Waals surface area (Å²) < 4.78 is 10.6. The molecule has 0 radical (unpaired) electrons. The highest BCUT2D eigenvalue weighted by atomic mass is 16.5. The van der Waals surface area contributed by atoms with Crippen LogP contribution in [0.3, 0.4) is 0 Å². The number of likely N-dealkylation sites (N-methyl/N-ethyl adjacent to an activating group) is 1. The van der Waals surface area contributed by atoms with E-state index >= 15 is 0 Å². The van der Waals surface area contributed by atoms with Gasteiger partial charge in [-0.3, -0.25) is 9.69 Å². The molecule has 168 valence electrons. The number of carbonyl (C=O) groups excluding carboxylic acids is 1. The van der Waals surface area contributed by atoms with Gasteiger partial charge in [-0.25, -0.2) is 0 Å². The molecule has 31 heavy (non-hydrogen) atoms. The van der Waals surface area contributed by atoms with Crippen molar-refractivity contribution in [1.29, 1.82) is 0 Å². The van der Waals surface area contributed by atoms with Crippen molar-refractivity contribution in [1.82, 2.24) is 4.90 Å². The summed E-state index contributed by atoms with van der Waals surface area (Å²) in [5.41, 5.74) is 2.24. The first-order valence-electron chi connectivity index (χ1n) is 11.3. The van der Waals surface area contributed by atoms with Gasteiger partial charge in [-0.2, -0.15) is 0 Å². The lowest BCUT2D eigenvalue weighted by Gasteiger charge is -2.41. The summed E-state index contributed by atoms with van der Waals surface area (Å²) >= 11 is 0. The molecule has 2 aromatic carbocycles. The second kappa shape index (κ2) is 11.9. The molecule has 2 aromatic rings. The fourth-order valence-corrected chi connectivity index (χ4v) is 4.65. The molecule has 0 heterocycles. The summed E-state index contributed by atoms with van der Waals surface area (Å²) in [6, 6.07) is 18.9. The van der Waals surface area contributed by atoms with E-state index in [1.165, 1.54) is 18.4 Å². The Morgan fingerprint density at radius 2 is 1.61 bits per heavy atom. The normalized spacial score (nSPS) is 19.1. The zero-order valence-electron chi connectivity index (χ0n) is 19.1. The van der Waals surface area contributed by atoms with Gasteiger partial charge in [0.15, 0.2) is 0 Å². The van der Waals surface area contributed by atoms with Crippen LogP contribution in [-0.2, 0) is 16.1 Å². The lowest BCUT2D eigenvalue weighted by molar-refractivity contribution is -0.120. The molecule has 0 saturated heterocycles. The average molecular weight is 425 g/mol. The van der Waals surface area contributed by atoms with Crippen molar-refractivity contribution in [3.05, 3.63) is 60.2 Å². The zero-order chi connectivity index (χ0) is 22.1. The van der Waals surface area contributed by atoms with Crippen molar-refractivity contribution in [2.24, 2.45) is 0 Å². The second-order valence-corrected chi connectivity index (χ2v) is 8.38. The van der Waals surface area contributed by atoms with Crippen molar-refractivity contribution < 1.29 is 14.3 Å². The minimum Gasteiger partial charge on any atom is -0.497 e. The number of benzene rings is 2. The first-order chi connectivity index (χ1) is 15.1. The van der Waals surface area contributed by atoms with Gasteiger partial charge < -0.3 is 14.4 Å². The van der Waals surface area contributed by atoms with Gasteiger partial charge in [0.2, 0.25) is 5.91 Å². The predicted octanol–water partition coefficient (Wildman–Crippen LogP) is 4.90. The van der Waals surface area contributed by atoms with Crippen LogP contribution in [0.15, 0.2) is 54.6 Å². The Labute approximate surface area is 187 Å². The number of ether oxygens (including phenoxy) is 2. The van der Waals surface area contributed by atoms with Crippen LogP contribution in [0.2, 0.25) is 0 Å². The molecular formula is C26H36N2O3. The van der Waals surface area contributed by atoms with Crippen molar-refractivity contribution in [3.63, 3.8) is 0 Å². The molecule has 2 unspecified atom stereocenters. The van der Waals surface area contributed by atoms with Crippen LogP contribution in [0.5, 0.6) is 5.75 Å². The van der Waals surface area contributed by atoms with Crippen molar-refractivity contribution >= 4 is 11.6 Å². The van der Waals surface area contributed by atoms with Gasteiger partial charge in [0.1, 0.15) is 5.75 Å². The molecule has 2 atom stereocenters. The summed E-state index contributed by atoms with van der Waals surface area (Å²) in [5, 5.41) is 0. The van der Waals surface area contributed by atoms with E-state index in [1.54, 1.807) is 14.2 Å². The van der Waals surface area contributed by atoms with Crippen LogP contribution in [0.1, 0.15) is 44.1 Å². The lowest BCUT2D eigenvalue weighted by atomic mass is 9.97. The molecule has 3 rings (SSSR count). The molecule has 1 fully saturated rings. The summed E-state index contributed by atoms with van der Waals surface area (Å²) in [5.74, 6) is 0.920. The second-order valence-electron chi connectivity index (χ2n) is 8.38. The molecule has 0 bridgehead atoms. The number of nitrogens with zero attached hydrogens (tertiary/aromatic N) is 2. The van der Waals surface area contributed by atoms with Gasteiger partial charge >= 0.3 is 0 Å². The summed E-state index contributed by atoms with van der Waals surface area (Å²) in [6.07, 6.45) is 6.05. The van der Waals surface area contributed by atoms with Crippen molar-refractivity contribution in [3.8, 4) is 5.75 Å². The Kier molecular flexibility index (Phi) is 8.92. The van der Waals surface area contributed by atoms with Crippen LogP contribution in [0, 0.1) is 0 Å². The smallest absolute Gasteiger partial charge is 0.229 e. The summed E-state index contributed by atoms with van der Waals surface area (Å²) in [7, 11) is 5.51. The van der Waals surface area contributed by atoms with Gasteiger partial charge in [0.25, 0.3) is 0 Å².